The first-order chi connectivity index (χ1) is 11.7. The molecule has 6 nitrogen and oxygen atoms in total. The molecular formula is C18H16N2O4. The molecule has 0 spiro atoms. The second-order valence-electron chi connectivity index (χ2n) is 5.27. The molecule has 1 aliphatic rings. The molecule has 3 rings (SSSR count). The second-order valence-corrected chi connectivity index (χ2v) is 5.27. The van der Waals surface area contributed by atoms with Crippen molar-refractivity contribution in [1.82, 2.24) is 5.48 Å². The van der Waals surface area contributed by atoms with Gasteiger partial charge in [0.25, 0.3) is 11.8 Å². The minimum atomic E-state index is -0.644. The lowest BCUT2D eigenvalue weighted by atomic mass is 10.1. The molecule has 0 unspecified atom stereocenters. The standard InChI is InChI=1S/C18H16N2O4/c21-17(20-23)8-6-12-3-1-2-4-15(12)19-18(22)14-5-7-16-13(11-14)9-10-24-16/h1-8,11,23H,9-10H2,(H,19,22)(H,20,21)/b8-6+. The van der Waals surface area contributed by atoms with Crippen LogP contribution in [-0.4, -0.2) is 23.6 Å². The molecule has 122 valence electrons. The Kier molecular flexibility index (Phi) is 4.58. The van der Waals surface area contributed by atoms with Gasteiger partial charge < -0.3 is 10.1 Å². The molecule has 1 heterocycles. The Labute approximate surface area is 138 Å². The zero-order valence-corrected chi connectivity index (χ0v) is 12.8. The Bertz CT molecular complexity index is 814. The van der Waals surface area contributed by atoms with E-state index in [-0.39, 0.29) is 5.91 Å². The maximum absolute atomic E-state index is 12.5. The van der Waals surface area contributed by atoms with Gasteiger partial charge in [0, 0.05) is 23.7 Å². The highest BCUT2D eigenvalue weighted by Gasteiger charge is 2.15. The molecule has 0 saturated carbocycles. The molecule has 0 bridgehead atoms. The van der Waals surface area contributed by atoms with Gasteiger partial charge in [0.1, 0.15) is 5.75 Å². The van der Waals surface area contributed by atoms with E-state index in [1.165, 1.54) is 17.6 Å². The van der Waals surface area contributed by atoms with Crippen LogP contribution < -0.4 is 15.5 Å². The number of amides is 2. The van der Waals surface area contributed by atoms with Crippen LogP contribution in [0.5, 0.6) is 5.75 Å². The number of benzene rings is 2. The minimum absolute atomic E-state index is 0.239. The Hall–Kier alpha value is -3.12. The molecule has 0 atom stereocenters. The van der Waals surface area contributed by atoms with Crippen LogP contribution in [-0.2, 0) is 11.2 Å². The third-order valence-corrected chi connectivity index (χ3v) is 3.69. The van der Waals surface area contributed by atoms with Crippen molar-refractivity contribution in [3.63, 3.8) is 0 Å². The third-order valence-electron chi connectivity index (χ3n) is 3.69. The first kappa shape index (κ1) is 15.8. The number of ether oxygens (including phenoxy) is 1. The average molecular weight is 324 g/mol. The summed E-state index contributed by atoms with van der Waals surface area (Å²) in [6.45, 7) is 0.640. The number of anilines is 1. The highest BCUT2D eigenvalue weighted by atomic mass is 16.5. The summed E-state index contributed by atoms with van der Waals surface area (Å²) in [6, 6.07) is 12.4. The molecule has 0 radical (unpaired) electrons. The van der Waals surface area contributed by atoms with Crippen LogP contribution in [0.3, 0.4) is 0 Å². The molecule has 24 heavy (non-hydrogen) atoms. The zero-order valence-electron chi connectivity index (χ0n) is 12.8. The van der Waals surface area contributed by atoms with Crippen molar-refractivity contribution in [3.8, 4) is 5.75 Å². The Morgan fingerprint density at radius 1 is 1.17 bits per heavy atom. The maximum atomic E-state index is 12.5. The van der Waals surface area contributed by atoms with Gasteiger partial charge in [-0.05, 0) is 41.5 Å². The maximum Gasteiger partial charge on any atom is 0.267 e. The largest absolute Gasteiger partial charge is 0.493 e. The van der Waals surface area contributed by atoms with Crippen molar-refractivity contribution in [1.29, 1.82) is 0 Å². The predicted molar refractivity (Wildman–Crippen MR) is 89.0 cm³/mol. The van der Waals surface area contributed by atoms with Crippen LogP contribution in [0.4, 0.5) is 5.69 Å². The molecule has 3 N–H and O–H groups in total. The lowest BCUT2D eigenvalue weighted by Crippen LogP contribution is -2.15. The van der Waals surface area contributed by atoms with Gasteiger partial charge in [0.15, 0.2) is 0 Å². The molecule has 2 aromatic rings. The normalized spacial score (nSPS) is 12.5. The lowest BCUT2D eigenvalue weighted by molar-refractivity contribution is -0.124. The number of carbonyl (C=O) groups is 2. The van der Waals surface area contributed by atoms with Crippen LogP contribution in [0.15, 0.2) is 48.5 Å². The number of hydroxylamine groups is 1. The quantitative estimate of drug-likeness (QED) is 0.458. The van der Waals surface area contributed by atoms with Gasteiger partial charge in [-0.25, -0.2) is 5.48 Å². The molecule has 2 amide bonds. The highest BCUT2D eigenvalue weighted by Crippen LogP contribution is 2.26. The van der Waals surface area contributed by atoms with Crippen molar-refractivity contribution < 1.29 is 19.5 Å². The van der Waals surface area contributed by atoms with Crippen molar-refractivity contribution in [3.05, 3.63) is 65.2 Å². The summed E-state index contributed by atoms with van der Waals surface area (Å²) in [5, 5.41) is 11.4. The number of hydrogen-bond donors (Lipinski definition) is 3. The smallest absolute Gasteiger partial charge is 0.267 e. The first-order valence-electron chi connectivity index (χ1n) is 7.45. The van der Waals surface area contributed by atoms with Gasteiger partial charge in [-0.1, -0.05) is 18.2 Å². The highest BCUT2D eigenvalue weighted by molar-refractivity contribution is 6.05. The van der Waals surface area contributed by atoms with Gasteiger partial charge >= 0.3 is 0 Å². The number of hydrogen-bond acceptors (Lipinski definition) is 4. The van der Waals surface area contributed by atoms with E-state index in [9.17, 15) is 9.59 Å². The fourth-order valence-electron chi connectivity index (χ4n) is 2.48. The zero-order chi connectivity index (χ0) is 16.9. The van der Waals surface area contributed by atoms with Gasteiger partial charge in [-0.15, -0.1) is 0 Å². The van der Waals surface area contributed by atoms with Crippen molar-refractivity contribution >= 4 is 23.6 Å². The number of carbonyl (C=O) groups excluding carboxylic acids is 2. The van der Waals surface area contributed by atoms with Crippen molar-refractivity contribution in [2.45, 2.75) is 6.42 Å². The monoisotopic (exact) mass is 324 g/mol. The Balaban J connectivity index is 1.79. The van der Waals surface area contributed by atoms with E-state index in [0.29, 0.717) is 23.4 Å². The van der Waals surface area contributed by atoms with Crippen molar-refractivity contribution in [2.75, 3.05) is 11.9 Å². The Morgan fingerprint density at radius 3 is 2.83 bits per heavy atom. The van der Waals surface area contributed by atoms with Gasteiger partial charge in [0.05, 0.1) is 6.61 Å². The van der Waals surface area contributed by atoms with Gasteiger partial charge in [-0.2, -0.15) is 0 Å². The van der Waals surface area contributed by atoms with E-state index in [2.05, 4.69) is 5.32 Å². The summed E-state index contributed by atoms with van der Waals surface area (Å²) in [5.74, 6) is -0.0585. The van der Waals surface area contributed by atoms with E-state index >= 15 is 0 Å². The molecule has 0 saturated heterocycles. The van der Waals surface area contributed by atoms with Crippen LogP contribution in [0.25, 0.3) is 6.08 Å². The van der Waals surface area contributed by atoms with E-state index in [1.54, 1.807) is 36.4 Å². The number of para-hydroxylation sites is 1. The Morgan fingerprint density at radius 2 is 2.00 bits per heavy atom. The summed E-state index contributed by atoms with van der Waals surface area (Å²) < 4.78 is 5.44. The molecule has 0 fully saturated rings. The molecule has 2 aromatic carbocycles. The molecular weight excluding hydrogens is 308 g/mol. The van der Waals surface area contributed by atoms with E-state index in [0.717, 1.165) is 17.7 Å². The average Bonchev–Trinajstić information content (AvgIpc) is 3.08. The lowest BCUT2D eigenvalue weighted by Gasteiger charge is -2.09. The molecule has 0 aromatic heterocycles. The van der Waals surface area contributed by atoms with Gasteiger partial charge in [0.2, 0.25) is 0 Å². The van der Waals surface area contributed by atoms with E-state index in [4.69, 9.17) is 9.94 Å². The second kappa shape index (κ2) is 6.97. The summed E-state index contributed by atoms with van der Waals surface area (Å²) >= 11 is 0. The SMILES string of the molecule is O=C(/C=C/c1ccccc1NC(=O)c1ccc2c(c1)CCO2)NO. The number of rotatable bonds is 4. The van der Waals surface area contributed by atoms with Crippen LogP contribution in [0, 0.1) is 0 Å². The van der Waals surface area contributed by atoms with Crippen molar-refractivity contribution in [2.24, 2.45) is 0 Å². The first-order valence-corrected chi connectivity index (χ1v) is 7.45. The van der Waals surface area contributed by atoms with Crippen LogP contribution in [0.1, 0.15) is 21.5 Å². The number of fused-ring (bicyclic) bond motifs is 1. The molecule has 1 aliphatic heterocycles. The van der Waals surface area contributed by atoms with Crippen LogP contribution >= 0.6 is 0 Å². The minimum Gasteiger partial charge on any atom is -0.493 e. The number of nitrogens with one attached hydrogen (secondary N) is 2. The fourth-order valence-corrected chi connectivity index (χ4v) is 2.48. The molecule has 0 aliphatic carbocycles. The van der Waals surface area contributed by atoms with Crippen LogP contribution in [0.2, 0.25) is 0 Å². The summed E-state index contributed by atoms with van der Waals surface area (Å²) in [6.07, 6.45) is 3.49. The fraction of sp³-hybridized carbons (Fsp3) is 0.111. The van der Waals surface area contributed by atoms with E-state index in [1.807, 2.05) is 6.07 Å². The summed E-state index contributed by atoms with van der Waals surface area (Å²) in [7, 11) is 0. The molecule has 6 heteroatoms. The summed E-state index contributed by atoms with van der Waals surface area (Å²) in [4.78, 5) is 23.6. The summed E-state index contributed by atoms with van der Waals surface area (Å²) in [5.41, 5.74) is 4.31. The third kappa shape index (κ3) is 3.44. The predicted octanol–water partition coefficient (Wildman–Crippen LogP) is 2.39. The van der Waals surface area contributed by atoms with Gasteiger partial charge in [-0.3, -0.25) is 14.8 Å². The topological polar surface area (TPSA) is 87.7 Å². The van der Waals surface area contributed by atoms with E-state index < -0.39 is 5.91 Å².